The number of hydrogen-bond donors (Lipinski definition) is 7. The Morgan fingerprint density at radius 3 is 2.03 bits per heavy atom. The molecule has 0 saturated heterocycles. The summed E-state index contributed by atoms with van der Waals surface area (Å²) < 4.78 is 50.7. The molecule has 29 nitrogen and oxygen atoms in total. The summed E-state index contributed by atoms with van der Waals surface area (Å²) in [5.41, 5.74) is 5.77. The molecular weight excluding hydrogens is 1400 g/mol. The van der Waals surface area contributed by atoms with E-state index in [2.05, 4.69) is 31.9 Å². The van der Waals surface area contributed by atoms with Crippen molar-refractivity contribution in [2.24, 2.45) is 34.8 Å². The minimum atomic E-state index is -1.43. The van der Waals surface area contributed by atoms with Crippen LogP contribution in [0.2, 0.25) is 5.02 Å². The van der Waals surface area contributed by atoms with Crippen LogP contribution in [-0.4, -0.2) is 193 Å². The average molecular weight is 1490 g/mol. The van der Waals surface area contributed by atoms with Crippen molar-refractivity contribution in [3.05, 3.63) is 119 Å². The molecule has 5 rings (SSSR count). The van der Waals surface area contributed by atoms with E-state index in [0.29, 0.717) is 28.1 Å². The van der Waals surface area contributed by atoms with Crippen LogP contribution in [0.4, 0.5) is 15.3 Å². The lowest BCUT2D eigenvalue weighted by Crippen LogP contribution is -2.51. The third-order valence-electron chi connectivity index (χ3n) is 16.5. The van der Waals surface area contributed by atoms with E-state index in [9.17, 15) is 57.5 Å². The van der Waals surface area contributed by atoms with E-state index in [-0.39, 0.29) is 153 Å². The Bertz CT molecular complexity index is 3410. The number of ketones is 1. The average Bonchev–Trinajstić information content (AvgIpc) is 1.12. The molecule has 3 aromatic rings. The number of benzene rings is 3. The molecule has 104 heavy (non-hydrogen) atoms. The summed E-state index contributed by atoms with van der Waals surface area (Å²) in [7, 11) is 1.46. The maximum absolute atomic E-state index is 14.3. The van der Waals surface area contributed by atoms with Crippen LogP contribution in [0, 0.1) is 29.1 Å². The first kappa shape index (κ1) is 85.6. The number of nitrogens with two attached hydrogens (primary N) is 1. The highest BCUT2D eigenvalue weighted by atomic mass is 35.5. The fourth-order valence-electron chi connectivity index (χ4n) is 10.6. The molecule has 2 aliphatic rings. The molecular formula is C73H98Cl2N8O21. The van der Waals surface area contributed by atoms with Crippen molar-refractivity contribution in [1.29, 1.82) is 0 Å². The van der Waals surface area contributed by atoms with Crippen LogP contribution in [-0.2, 0) is 98.9 Å². The fourth-order valence-corrected chi connectivity index (χ4v) is 11.3. The normalized spacial score (nSPS) is 18.2. The Morgan fingerprint density at radius 1 is 0.779 bits per heavy atom. The van der Waals surface area contributed by atoms with Crippen LogP contribution in [0.25, 0.3) is 0 Å². The summed E-state index contributed by atoms with van der Waals surface area (Å²) in [6.45, 7) is 12.6. The van der Waals surface area contributed by atoms with Gasteiger partial charge in [-0.1, -0.05) is 101 Å². The number of carbonyl (C=O) groups is 12. The number of esters is 3. The fraction of sp³-hybridized carbons (Fsp3) is 0.534. The Hall–Kier alpha value is -9.00. The van der Waals surface area contributed by atoms with Gasteiger partial charge in [-0.25, -0.2) is 14.4 Å². The summed E-state index contributed by atoms with van der Waals surface area (Å²) in [5, 5.41) is 15.1. The molecule has 3 aromatic carbocycles. The summed E-state index contributed by atoms with van der Waals surface area (Å²) in [5.74, 6) is -8.14. The lowest BCUT2D eigenvalue weighted by molar-refractivity contribution is -0.181. The molecule has 2 heterocycles. The SMILES string of the molecule is COc1ccc(C[C@H]2NC(=O)/C=C/C[C@@H]([C@H](C)[C@@H](OC(=O)CNC(=O)OCc3ccc(NC(=O)[C@H](CCCNC(N)=O)CC(=O)[C@@H](NC(=O)CCOCCOCCOCCOCCN4C(=O)C=CC4=O)C(C)C)cc3)[C@@H](Cl)c3ccccc3)OC(=O)[C@H](CC(C)C)OC(=O)C(C)(C)CNC2=O)cc1Cl. The van der Waals surface area contributed by atoms with Crippen molar-refractivity contribution < 1.29 is 100 Å². The number of cyclic esters (lactones) is 2. The van der Waals surface area contributed by atoms with Crippen molar-refractivity contribution in [2.75, 3.05) is 91.5 Å². The monoisotopic (exact) mass is 1490 g/mol. The standard InChI is InChI=1S/C73H98Cl2N8O21/c1-45(2)38-58-69(92)102-56(17-12-18-59(85)81-54(40-49-21-24-57(96-8)53(74)39-49)68(91)79-44-73(6,7)70(93)103-58)47(5)66(64(75)50-14-10-9-11-15-50)104-63(89)42-78-72(95)101-43-48-19-22-52(23-20-48)80-67(90)51(16-13-28-77-71(76)94)41-55(84)65(46(3)4)82-60(86)27-30-97-32-34-99-36-37-100-35-33-98-31-29-83-61(87)25-26-62(83)88/h9-12,14-15,18-26,39,45-47,51,54,56,58,64-66H,13,16-17,27-38,40-44H2,1-8H3,(H,78,95)(H,79,91)(H,80,90)(H,81,85)(H,82,86)(H3,76,77,94)/b18-12+/t47-,51+,54+,56-,58-,64-,65-,66+/m0/s1. The van der Waals surface area contributed by atoms with E-state index in [1.807, 2.05) is 13.8 Å². The van der Waals surface area contributed by atoms with E-state index in [4.69, 9.17) is 71.6 Å². The number of Topliss-reactive ketones (excluding diaryl/α,β-unsaturated/α-hetero) is 1. The molecule has 0 aromatic heterocycles. The van der Waals surface area contributed by atoms with Gasteiger partial charge in [-0.2, -0.15) is 0 Å². The minimum absolute atomic E-state index is 0.0109. The molecule has 0 unspecified atom stereocenters. The van der Waals surface area contributed by atoms with Crippen LogP contribution in [0.3, 0.4) is 0 Å². The van der Waals surface area contributed by atoms with Gasteiger partial charge >= 0.3 is 30.0 Å². The molecule has 570 valence electrons. The third-order valence-corrected chi connectivity index (χ3v) is 17.3. The number of rotatable bonds is 40. The number of alkyl halides is 1. The van der Waals surface area contributed by atoms with E-state index in [1.165, 1.54) is 45.3 Å². The number of imide groups is 1. The second-order valence-electron chi connectivity index (χ2n) is 26.2. The summed E-state index contributed by atoms with van der Waals surface area (Å²) >= 11 is 13.6. The highest BCUT2D eigenvalue weighted by Gasteiger charge is 2.41. The van der Waals surface area contributed by atoms with Crippen molar-refractivity contribution in [3.63, 3.8) is 0 Å². The predicted molar refractivity (Wildman–Crippen MR) is 381 cm³/mol. The van der Waals surface area contributed by atoms with Gasteiger partial charge in [-0.3, -0.25) is 48.1 Å². The third kappa shape index (κ3) is 30.4. The first-order chi connectivity index (χ1) is 49.5. The smallest absolute Gasteiger partial charge is 0.407 e. The number of hydrogen-bond acceptors (Lipinski definition) is 21. The van der Waals surface area contributed by atoms with Gasteiger partial charge in [0.25, 0.3) is 11.8 Å². The highest BCUT2D eigenvalue weighted by molar-refractivity contribution is 6.32. The maximum Gasteiger partial charge on any atom is 0.407 e. The van der Waals surface area contributed by atoms with Crippen LogP contribution >= 0.6 is 23.2 Å². The number of amides is 9. The van der Waals surface area contributed by atoms with Crippen LogP contribution < -0.4 is 42.4 Å². The van der Waals surface area contributed by atoms with Crippen LogP contribution in [0.1, 0.15) is 109 Å². The number of urea groups is 1. The van der Waals surface area contributed by atoms with Crippen LogP contribution in [0.5, 0.6) is 5.75 Å². The summed E-state index contributed by atoms with van der Waals surface area (Å²) in [6, 6.07) is 16.9. The van der Waals surface area contributed by atoms with Crippen molar-refractivity contribution in [3.8, 4) is 5.75 Å². The molecule has 31 heteroatoms. The molecule has 0 bridgehead atoms. The molecule has 0 aliphatic carbocycles. The van der Waals surface area contributed by atoms with E-state index in [1.54, 1.807) is 93.6 Å². The highest BCUT2D eigenvalue weighted by Crippen LogP contribution is 2.35. The molecule has 8 N–H and O–H groups in total. The van der Waals surface area contributed by atoms with Gasteiger partial charge in [0.15, 0.2) is 11.9 Å². The first-order valence-corrected chi connectivity index (χ1v) is 35.2. The number of nitrogens with one attached hydrogen (secondary N) is 6. The lowest BCUT2D eigenvalue weighted by Gasteiger charge is -2.34. The van der Waals surface area contributed by atoms with Gasteiger partial charge < -0.3 is 80.3 Å². The topological polar surface area (TPSA) is 389 Å². The van der Waals surface area contributed by atoms with E-state index >= 15 is 0 Å². The first-order valence-electron chi connectivity index (χ1n) is 34.4. The van der Waals surface area contributed by atoms with E-state index < -0.39 is 119 Å². The largest absolute Gasteiger partial charge is 0.495 e. The summed E-state index contributed by atoms with van der Waals surface area (Å²) in [6.07, 6.45) is 0.0357. The molecule has 0 saturated carbocycles. The number of carbonyl (C=O) groups excluding carboxylic acids is 12. The molecule has 8 atom stereocenters. The van der Waals surface area contributed by atoms with Gasteiger partial charge in [0, 0.05) is 68.4 Å². The molecule has 0 spiro atoms. The zero-order valence-corrected chi connectivity index (χ0v) is 61.5. The number of nitrogens with zero attached hydrogens (tertiary/aromatic N) is 1. The quantitative estimate of drug-likeness (QED) is 0.0108. The predicted octanol–water partition coefficient (Wildman–Crippen LogP) is 6.29. The van der Waals surface area contributed by atoms with Gasteiger partial charge in [0.1, 0.15) is 37.2 Å². The van der Waals surface area contributed by atoms with Crippen molar-refractivity contribution in [2.45, 2.75) is 136 Å². The Balaban J connectivity index is 1.16. The molecule has 9 amide bonds. The molecule has 2 aliphatic heterocycles. The Kier molecular flexibility index (Phi) is 36.7. The number of methoxy groups -OCH3 is 1. The minimum Gasteiger partial charge on any atom is -0.495 e. The second-order valence-corrected chi connectivity index (χ2v) is 27.0. The number of anilines is 1. The maximum atomic E-state index is 14.3. The Morgan fingerprint density at radius 2 is 1.41 bits per heavy atom. The number of alkyl carbamates (subject to hydrolysis) is 1. The lowest BCUT2D eigenvalue weighted by atomic mass is 9.89. The zero-order chi connectivity index (χ0) is 76.3. The second kappa shape index (κ2) is 44.6. The zero-order valence-electron chi connectivity index (χ0n) is 60.0. The van der Waals surface area contributed by atoms with Gasteiger partial charge in [0.05, 0.1) is 88.4 Å². The van der Waals surface area contributed by atoms with Gasteiger partial charge in [0.2, 0.25) is 23.6 Å². The van der Waals surface area contributed by atoms with Crippen molar-refractivity contribution >= 4 is 100 Å². The number of ether oxygens (including phenoxy) is 9. The number of halogens is 2. The number of primary amides is 1. The molecule has 0 radical (unpaired) electrons. The van der Waals surface area contributed by atoms with Gasteiger partial charge in [-0.15, -0.1) is 11.6 Å². The van der Waals surface area contributed by atoms with Crippen LogP contribution in [0.15, 0.2) is 97.1 Å². The van der Waals surface area contributed by atoms with Gasteiger partial charge in [-0.05, 0) is 92.0 Å². The molecule has 0 fully saturated rings. The van der Waals surface area contributed by atoms with Crippen molar-refractivity contribution in [1.82, 2.24) is 31.5 Å². The van der Waals surface area contributed by atoms with E-state index in [0.717, 1.165) is 4.90 Å². The summed E-state index contributed by atoms with van der Waals surface area (Å²) in [4.78, 5) is 159. The Labute approximate surface area is 615 Å².